The zero-order valence-electron chi connectivity index (χ0n) is 11.7. The highest BCUT2D eigenvalue weighted by Gasteiger charge is 2.53. The summed E-state index contributed by atoms with van der Waals surface area (Å²) in [4.78, 5) is 9.44. The van der Waals surface area contributed by atoms with E-state index in [0.29, 0.717) is 38.5 Å². The molecule has 0 aliphatic heterocycles. The van der Waals surface area contributed by atoms with E-state index in [4.69, 9.17) is 4.52 Å². The van der Waals surface area contributed by atoms with Crippen molar-refractivity contribution in [3.63, 3.8) is 0 Å². The molecule has 0 saturated heterocycles. The summed E-state index contributed by atoms with van der Waals surface area (Å²) >= 11 is 0. The van der Waals surface area contributed by atoms with Crippen molar-refractivity contribution in [2.45, 2.75) is 67.8 Å². The average Bonchev–Trinajstić information content (AvgIpc) is 3.12. The smallest absolute Gasteiger partial charge is 0.324 e. The number of fused-ring (bicyclic) bond motifs is 3. The third-order valence-corrected chi connectivity index (χ3v) is 7.66. The van der Waals surface area contributed by atoms with Gasteiger partial charge in [0.2, 0.25) is 10.0 Å². The lowest BCUT2D eigenvalue weighted by atomic mass is 9.64. The minimum Gasteiger partial charge on any atom is -0.324 e. The van der Waals surface area contributed by atoms with Crippen molar-refractivity contribution < 1.29 is 22.4 Å². The molecule has 116 valence electrons. The van der Waals surface area contributed by atoms with Gasteiger partial charge in [-0.25, -0.2) is 13.1 Å². The Bertz CT molecular complexity index is 526. The fraction of sp³-hybridized carbons (Fsp3) is 1.00. The SMILES string of the molecule is CP(=O)(O)OC12CCC(NS(=O)(=O)C3CC3)(CC1)CC2. The molecule has 2 bridgehead atoms. The van der Waals surface area contributed by atoms with Crippen LogP contribution >= 0.6 is 7.60 Å². The van der Waals surface area contributed by atoms with E-state index in [1.165, 1.54) is 6.66 Å². The zero-order valence-corrected chi connectivity index (χ0v) is 13.4. The molecule has 4 aliphatic carbocycles. The van der Waals surface area contributed by atoms with E-state index in [-0.39, 0.29) is 10.8 Å². The Morgan fingerprint density at radius 3 is 2.05 bits per heavy atom. The topological polar surface area (TPSA) is 92.7 Å². The van der Waals surface area contributed by atoms with Crippen molar-refractivity contribution in [1.29, 1.82) is 0 Å². The van der Waals surface area contributed by atoms with Gasteiger partial charge < -0.3 is 9.42 Å². The van der Waals surface area contributed by atoms with Gasteiger partial charge in [-0.3, -0.25) is 4.57 Å². The molecule has 0 radical (unpaired) electrons. The standard InChI is InChI=1S/C12H22NO5PS/c1-19(14,15)18-12-7-4-11(5-8-12,6-9-12)13-20(16,17)10-2-3-10/h10,13H,2-9H2,1H3,(H,14,15). The van der Waals surface area contributed by atoms with Crippen molar-refractivity contribution in [1.82, 2.24) is 4.72 Å². The van der Waals surface area contributed by atoms with Gasteiger partial charge in [-0.15, -0.1) is 0 Å². The second-order valence-electron chi connectivity index (χ2n) is 6.70. The molecule has 1 unspecified atom stereocenters. The summed E-state index contributed by atoms with van der Waals surface area (Å²) in [6.07, 6.45) is 5.57. The first-order valence-corrected chi connectivity index (χ1v) is 10.7. The van der Waals surface area contributed by atoms with Crippen LogP contribution in [0.1, 0.15) is 51.4 Å². The molecular formula is C12H22NO5PS. The van der Waals surface area contributed by atoms with Crippen LogP contribution in [0.3, 0.4) is 0 Å². The lowest BCUT2D eigenvalue weighted by molar-refractivity contribution is -0.0516. The minimum atomic E-state index is -3.50. The monoisotopic (exact) mass is 323 g/mol. The van der Waals surface area contributed by atoms with Gasteiger partial charge in [0.25, 0.3) is 0 Å². The largest absolute Gasteiger partial charge is 0.325 e. The summed E-state index contributed by atoms with van der Waals surface area (Å²) in [5.41, 5.74) is -0.870. The van der Waals surface area contributed by atoms with Crippen LogP contribution in [-0.4, -0.2) is 36.4 Å². The molecule has 0 amide bonds. The van der Waals surface area contributed by atoms with Crippen LogP contribution in [0.15, 0.2) is 0 Å². The molecule has 4 fully saturated rings. The van der Waals surface area contributed by atoms with Crippen molar-refractivity contribution in [2.75, 3.05) is 6.66 Å². The van der Waals surface area contributed by atoms with Crippen LogP contribution < -0.4 is 4.72 Å². The van der Waals surface area contributed by atoms with E-state index in [9.17, 15) is 17.9 Å². The van der Waals surface area contributed by atoms with E-state index in [0.717, 1.165) is 12.8 Å². The van der Waals surface area contributed by atoms with Gasteiger partial charge >= 0.3 is 7.60 Å². The van der Waals surface area contributed by atoms with E-state index < -0.39 is 23.2 Å². The van der Waals surface area contributed by atoms with E-state index in [2.05, 4.69) is 4.72 Å². The Hall–Kier alpha value is 0.0600. The van der Waals surface area contributed by atoms with Crippen LogP contribution in [0.2, 0.25) is 0 Å². The summed E-state index contributed by atoms with van der Waals surface area (Å²) in [5.74, 6) is 0. The molecule has 1 atom stereocenters. The third-order valence-electron chi connectivity index (χ3n) is 4.86. The van der Waals surface area contributed by atoms with Gasteiger partial charge in [-0.1, -0.05) is 0 Å². The van der Waals surface area contributed by atoms with E-state index >= 15 is 0 Å². The molecule has 0 aromatic heterocycles. The Labute approximate surface area is 119 Å². The summed E-state index contributed by atoms with van der Waals surface area (Å²) in [5, 5.41) is -0.199. The number of nitrogens with one attached hydrogen (secondary N) is 1. The highest BCUT2D eigenvalue weighted by atomic mass is 32.2. The quantitative estimate of drug-likeness (QED) is 0.752. The van der Waals surface area contributed by atoms with Crippen molar-refractivity contribution in [2.24, 2.45) is 0 Å². The van der Waals surface area contributed by atoms with Gasteiger partial charge in [0.1, 0.15) is 0 Å². The van der Waals surface area contributed by atoms with Gasteiger partial charge in [0, 0.05) is 12.2 Å². The third kappa shape index (κ3) is 2.97. The molecule has 0 aromatic carbocycles. The van der Waals surface area contributed by atoms with Gasteiger partial charge in [0.05, 0.1) is 10.9 Å². The molecule has 0 heterocycles. The highest BCUT2D eigenvalue weighted by Crippen LogP contribution is 2.55. The fourth-order valence-corrected chi connectivity index (χ4v) is 6.39. The first-order valence-electron chi connectivity index (χ1n) is 7.18. The van der Waals surface area contributed by atoms with Gasteiger partial charge in [0.15, 0.2) is 0 Å². The summed E-state index contributed by atoms with van der Waals surface area (Å²) in [6.45, 7) is 1.22. The molecule has 0 aromatic rings. The molecule has 6 nitrogen and oxygen atoms in total. The lowest BCUT2D eigenvalue weighted by Gasteiger charge is -2.53. The highest BCUT2D eigenvalue weighted by molar-refractivity contribution is 7.90. The van der Waals surface area contributed by atoms with Crippen LogP contribution in [0.5, 0.6) is 0 Å². The van der Waals surface area contributed by atoms with Gasteiger partial charge in [-0.05, 0) is 51.4 Å². The Morgan fingerprint density at radius 2 is 1.65 bits per heavy atom. The minimum absolute atomic E-state index is 0.199. The van der Waals surface area contributed by atoms with Crippen molar-refractivity contribution >= 4 is 17.6 Å². The van der Waals surface area contributed by atoms with Gasteiger partial charge in [-0.2, -0.15) is 0 Å². The summed E-state index contributed by atoms with van der Waals surface area (Å²) in [7, 11) is -6.68. The second kappa shape index (κ2) is 4.53. The maximum atomic E-state index is 12.1. The van der Waals surface area contributed by atoms with Crippen LogP contribution in [0.25, 0.3) is 0 Å². The maximum Gasteiger partial charge on any atom is 0.325 e. The molecule has 4 saturated carbocycles. The first-order chi connectivity index (χ1) is 9.14. The molecule has 0 spiro atoms. The van der Waals surface area contributed by atoms with Crippen molar-refractivity contribution in [3.05, 3.63) is 0 Å². The molecule has 4 rings (SSSR count). The molecule has 2 N–H and O–H groups in total. The zero-order chi connectivity index (χ0) is 14.6. The Kier molecular flexibility index (Phi) is 3.39. The number of hydrogen-bond acceptors (Lipinski definition) is 4. The predicted octanol–water partition coefficient (Wildman–Crippen LogP) is 1.75. The molecule has 4 aliphatic rings. The van der Waals surface area contributed by atoms with Crippen molar-refractivity contribution in [3.8, 4) is 0 Å². The Morgan fingerprint density at radius 1 is 1.15 bits per heavy atom. The normalized spacial score (nSPS) is 40.5. The molecule has 20 heavy (non-hydrogen) atoms. The summed E-state index contributed by atoms with van der Waals surface area (Å²) < 4.78 is 44.1. The fourth-order valence-electron chi connectivity index (χ4n) is 3.56. The maximum absolute atomic E-state index is 12.1. The molecule has 8 heteroatoms. The number of hydrogen-bond donors (Lipinski definition) is 2. The first kappa shape index (κ1) is 15.0. The molecular weight excluding hydrogens is 301 g/mol. The number of rotatable bonds is 5. The van der Waals surface area contributed by atoms with Crippen LogP contribution in [-0.2, 0) is 19.1 Å². The number of sulfonamides is 1. The van der Waals surface area contributed by atoms with Crippen LogP contribution in [0, 0.1) is 0 Å². The summed E-state index contributed by atoms with van der Waals surface area (Å²) in [6, 6.07) is 0. The van der Waals surface area contributed by atoms with E-state index in [1.807, 2.05) is 0 Å². The van der Waals surface area contributed by atoms with E-state index in [1.54, 1.807) is 0 Å². The Balaban J connectivity index is 1.69. The van der Waals surface area contributed by atoms with Crippen LogP contribution in [0.4, 0.5) is 0 Å². The predicted molar refractivity (Wildman–Crippen MR) is 75.1 cm³/mol. The second-order valence-corrected chi connectivity index (χ2v) is 10.5. The lowest BCUT2D eigenvalue weighted by Crippen LogP contribution is -2.59. The average molecular weight is 323 g/mol.